The smallest absolute Gasteiger partial charge is 0.335 e. The largest absolute Gasteiger partial charge is 0.478 e. The van der Waals surface area contributed by atoms with Crippen LogP contribution in [-0.4, -0.2) is 41.7 Å². The van der Waals surface area contributed by atoms with Gasteiger partial charge in [0.15, 0.2) is 0 Å². The van der Waals surface area contributed by atoms with E-state index in [0.29, 0.717) is 10.4 Å². The molecular formula is C14H10O5Si2. The monoisotopic (exact) mass is 314 g/mol. The molecule has 2 N–H and O–H groups in total. The van der Waals surface area contributed by atoms with Crippen molar-refractivity contribution in [3.8, 4) is 0 Å². The van der Waals surface area contributed by atoms with Gasteiger partial charge in [-0.05, 0) is 22.5 Å². The summed E-state index contributed by atoms with van der Waals surface area (Å²) in [6, 6.07) is 13.2. The van der Waals surface area contributed by atoms with E-state index < -0.39 is 11.9 Å². The van der Waals surface area contributed by atoms with E-state index in [9.17, 15) is 9.59 Å². The van der Waals surface area contributed by atoms with E-state index in [2.05, 4.69) is 0 Å². The lowest BCUT2D eigenvalue weighted by atomic mass is 10.2. The van der Waals surface area contributed by atoms with Crippen LogP contribution in [0.25, 0.3) is 0 Å². The third-order valence-electron chi connectivity index (χ3n) is 2.64. The van der Waals surface area contributed by atoms with Gasteiger partial charge in [0.25, 0.3) is 19.5 Å². The Morgan fingerprint density at radius 1 is 0.762 bits per heavy atom. The van der Waals surface area contributed by atoms with E-state index in [1.54, 1.807) is 36.4 Å². The van der Waals surface area contributed by atoms with Crippen molar-refractivity contribution in [1.82, 2.24) is 0 Å². The molecule has 0 spiro atoms. The zero-order valence-corrected chi connectivity index (χ0v) is 12.7. The Hall–Kier alpha value is -2.23. The van der Waals surface area contributed by atoms with Gasteiger partial charge in [0, 0.05) is 0 Å². The Balaban J connectivity index is 2.06. The minimum Gasteiger partial charge on any atom is -0.478 e. The van der Waals surface area contributed by atoms with E-state index in [4.69, 9.17) is 14.3 Å². The summed E-state index contributed by atoms with van der Waals surface area (Å²) in [6.45, 7) is 0. The maximum Gasteiger partial charge on any atom is 0.335 e. The summed E-state index contributed by atoms with van der Waals surface area (Å²) >= 11 is 0. The van der Waals surface area contributed by atoms with Crippen LogP contribution in [0.15, 0.2) is 48.5 Å². The summed E-state index contributed by atoms with van der Waals surface area (Å²) in [4.78, 5) is 22.1. The predicted molar refractivity (Wildman–Crippen MR) is 78.7 cm³/mol. The van der Waals surface area contributed by atoms with Crippen LogP contribution in [0.5, 0.6) is 0 Å². The number of carboxylic acid groups (broad SMARTS) is 2. The third-order valence-corrected chi connectivity index (χ3v) is 4.77. The number of benzene rings is 2. The van der Waals surface area contributed by atoms with E-state index in [0.717, 1.165) is 0 Å². The second kappa shape index (κ2) is 6.98. The zero-order valence-electron chi connectivity index (χ0n) is 10.7. The maximum absolute atomic E-state index is 11.1. The van der Waals surface area contributed by atoms with E-state index in [-0.39, 0.29) is 30.7 Å². The molecule has 2 rings (SSSR count). The fourth-order valence-corrected chi connectivity index (χ4v) is 3.67. The summed E-state index contributed by atoms with van der Waals surface area (Å²) in [5.41, 5.74) is 0.402. The predicted octanol–water partition coefficient (Wildman–Crippen LogP) is 0.289. The second-order valence-corrected chi connectivity index (χ2v) is 6.31. The average Bonchev–Trinajstić information content (AvgIpc) is 2.48. The number of rotatable bonds is 6. The lowest BCUT2D eigenvalue weighted by Crippen LogP contribution is -2.31. The molecule has 2 aromatic carbocycles. The molecule has 0 amide bonds. The van der Waals surface area contributed by atoms with Crippen molar-refractivity contribution >= 4 is 41.8 Å². The Morgan fingerprint density at radius 2 is 1.14 bits per heavy atom. The number of hydrogen-bond donors (Lipinski definition) is 2. The maximum atomic E-state index is 11.1. The highest BCUT2D eigenvalue weighted by atomic mass is 28.3. The standard InChI is InChI=1S/C14H10O5Si2/c15-13(16)9-5-1-3-7-11(9)20-19-21-12-8-4-2-6-10(12)14(17)18/h1-8H,(H,15,16)(H,17,18). The van der Waals surface area contributed by atoms with Crippen LogP contribution in [0, 0.1) is 0 Å². The van der Waals surface area contributed by atoms with Crippen molar-refractivity contribution in [2.45, 2.75) is 0 Å². The van der Waals surface area contributed by atoms with E-state index in [1.807, 2.05) is 0 Å². The molecule has 0 unspecified atom stereocenters. The first kappa shape index (κ1) is 15.2. The van der Waals surface area contributed by atoms with Gasteiger partial charge in [-0.15, -0.1) is 0 Å². The molecule has 0 aliphatic heterocycles. The van der Waals surface area contributed by atoms with Gasteiger partial charge in [0.1, 0.15) is 0 Å². The fourth-order valence-electron chi connectivity index (χ4n) is 1.65. The van der Waals surface area contributed by atoms with Gasteiger partial charge in [-0.3, -0.25) is 0 Å². The SMILES string of the molecule is O=C(O)c1ccccc1[Si]O[Si]c1ccccc1C(=O)O. The number of hydrogen-bond acceptors (Lipinski definition) is 3. The minimum absolute atomic E-state index is 0.150. The highest BCUT2D eigenvalue weighted by Crippen LogP contribution is 1.97. The molecule has 0 aliphatic carbocycles. The number of carbonyl (C=O) groups is 2. The zero-order chi connectivity index (χ0) is 15.2. The Labute approximate surface area is 126 Å². The van der Waals surface area contributed by atoms with E-state index >= 15 is 0 Å². The molecule has 0 bridgehead atoms. The second-order valence-electron chi connectivity index (χ2n) is 4.01. The summed E-state index contributed by atoms with van der Waals surface area (Å²) in [5, 5.41) is 19.3. The molecular weight excluding hydrogens is 304 g/mol. The molecule has 0 heterocycles. The van der Waals surface area contributed by atoms with Gasteiger partial charge in [-0.2, -0.15) is 0 Å². The van der Waals surface area contributed by atoms with Crippen molar-refractivity contribution < 1.29 is 23.9 Å². The van der Waals surface area contributed by atoms with Crippen molar-refractivity contribution in [2.24, 2.45) is 0 Å². The van der Waals surface area contributed by atoms with Gasteiger partial charge >= 0.3 is 11.9 Å². The van der Waals surface area contributed by atoms with Crippen LogP contribution >= 0.6 is 0 Å². The highest BCUT2D eigenvalue weighted by Gasteiger charge is 2.13. The first-order valence-electron chi connectivity index (χ1n) is 5.92. The summed E-state index contributed by atoms with van der Waals surface area (Å²) in [5.74, 6) is -2.01. The van der Waals surface area contributed by atoms with Gasteiger partial charge < -0.3 is 14.3 Å². The molecule has 5 nitrogen and oxygen atoms in total. The van der Waals surface area contributed by atoms with Crippen LogP contribution in [0.2, 0.25) is 0 Å². The van der Waals surface area contributed by atoms with Gasteiger partial charge in [0.05, 0.1) is 11.1 Å². The summed E-state index contributed by atoms with van der Waals surface area (Å²) in [6.07, 6.45) is 0. The molecule has 0 aromatic heterocycles. The molecule has 0 atom stereocenters. The normalized spacial score (nSPS) is 10.3. The molecule has 0 aliphatic rings. The topological polar surface area (TPSA) is 83.8 Å². The highest BCUT2D eigenvalue weighted by molar-refractivity contribution is 6.61. The van der Waals surface area contributed by atoms with Crippen LogP contribution in [-0.2, 0) is 4.12 Å². The quantitative estimate of drug-likeness (QED) is 0.749. The first-order valence-corrected chi connectivity index (χ1v) is 7.73. The molecule has 0 fully saturated rings. The van der Waals surface area contributed by atoms with Crippen molar-refractivity contribution in [1.29, 1.82) is 0 Å². The van der Waals surface area contributed by atoms with Crippen LogP contribution in [0.1, 0.15) is 20.7 Å². The van der Waals surface area contributed by atoms with Gasteiger partial charge in [0.2, 0.25) is 0 Å². The van der Waals surface area contributed by atoms with Gasteiger partial charge in [-0.25, -0.2) is 9.59 Å². The van der Waals surface area contributed by atoms with Crippen molar-refractivity contribution in [3.63, 3.8) is 0 Å². The average molecular weight is 314 g/mol. The molecule has 104 valence electrons. The van der Waals surface area contributed by atoms with Gasteiger partial charge in [-0.1, -0.05) is 36.4 Å². The fraction of sp³-hybridized carbons (Fsp3) is 0. The molecule has 2 aromatic rings. The number of aromatic carboxylic acids is 2. The number of carboxylic acids is 2. The van der Waals surface area contributed by atoms with Crippen LogP contribution in [0.3, 0.4) is 0 Å². The lowest BCUT2D eigenvalue weighted by Gasteiger charge is -2.06. The Morgan fingerprint density at radius 3 is 1.52 bits per heavy atom. The Bertz CT molecular complexity index is 614. The van der Waals surface area contributed by atoms with Crippen molar-refractivity contribution in [2.75, 3.05) is 0 Å². The Kier molecular flexibility index (Phi) is 5.04. The lowest BCUT2D eigenvalue weighted by molar-refractivity contribution is 0.0687. The third kappa shape index (κ3) is 3.88. The molecule has 21 heavy (non-hydrogen) atoms. The first-order chi connectivity index (χ1) is 10.1. The minimum atomic E-state index is -1.00. The van der Waals surface area contributed by atoms with Crippen LogP contribution < -0.4 is 10.4 Å². The molecule has 0 saturated heterocycles. The molecule has 7 heteroatoms. The summed E-state index contributed by atoms with van der Waals surface area (Å²) < 4.78 is 5.52. The summed E-state index contributed by atoms with van der Waals surface area (Å²) in [7, 11) is -0.300. The molecule has 0 saturated carbocycles. The van der Waals surface area contributed by atoms with Crippen molar-refractivity contribution in [3.05, 3.63) is 59.7 Å². The van der Waals surface area contributed by atoms with Crippen LogP contribution in [0.4, 0.5) is 0 Å². The van der Waals surface area contributed by atoms with E-state index in [1.165, 1.54) is 12.1 Å². The molecule has 4 radical (unpaired) electrons.